The molecule has 0 saturated carbocycles. The van der Waals surface area contributed by atoms with Crippen LogP contribution in [-0.2, 0) is 4.79 Å². The average molecular weight is 358 g/mol. The Balaban J connectivity index is 1.56. The van der Waals surface area contributed by atoms with Crippen molar-refractivity contribution in [2.45, 2.75) is 25.7 Å². The number of anilines is 1. The minimum Gasteiger partial charge on any atom is -0.273 e. The summed E-state index contributed by atoms with van der Waals surface area (Å²) in [6, 6.07) is 12.3. The first-order chi connectivity index (χ1) is 11.5. The summed E-state index contributed by atoms with van der Waals surface area (Å²) < 4.78 is 1.14. The molecule has 1 heterocycles. The highest BCUT2D eigenvalue weighted by molar-refractivity contribution is 8.00. The van der Waals surface area contributed by atoms with Crippen molar-refractivity contribution in [2.24, 2.45) is 0 Å². The molecule has 0 unspecified atom stereocenters. The highest BCUT2D eigenvalue weighted by Gasteiger charge is 2.08. The van der Waals surface area contributed by atoms with E-state index >= 15 is 0 Å². The maximum atomic E-state index is 12.0. The first-order valence-corrected chi connectivity index (χ1v) is 9.43. The molecule has 24 heavy (non-hydrogen) atoms. The number of aryl methyl sites for hydroxylation is 3. The molecular formula is C18H19N3OS2. The number of amides is 1. The summed E-state index contributed by atoms with van der Waals surface area (Å²) in [4.78, 5) is 17.6. The Morgan fingerprint density at radius 1 is 1.12 bits per heavy atom. The summed E-state index contributed by atoms with van der Waals surface area (Å²) in [7, 11) is 0. The number of carbonyl (C=O) groups excluding carboxylic acids is 1. The van der Waals surface area contributed by atoms with Gasteiger partial charge in [0.05, 0.1) is 16.0 Å². The van der Waals surface area contributed by atoms with Crippen LogP contribution in [0.2, 0.25) is 0 Å². The lowest BCUT2D eigenvalue weighted by atomic mass is 10.1. The molecule has 0 saturated heterocycles. The zero-order chi connectivity index (χ0) is 17.1. The minimum atomic E-state index is -0.0762. The van der Waals surface area contributed by atoms with E-state index < -0.39 is 0 Å². The van der Waals surface area contributed by atoms with E-state index in [1.54, 1.807) is 11.3 Å². The number of thioether (sulfide) groups is 1. The zero-order valence-electron chi connectivity index (χ0n) is 13.8. The SMILES string of the molecule is Cc1ccc(SCC(=O)NNc2nc3cc(C)cc(C)c3s2)cc1. The molecule has 1 amide bonds. The largest absolute Gasteiger partial charge is 0.273 e. The van der Waals surface area contributed by atoms with E-state index in [0.717, 1.165) is 15.1 Å². The number of hydrogen-bond acceptors (Lipinski definition) is 5. The molecule has 0 aliphatic heterocycles. The van der Waals surface area contributed by atoms with E-state index in [2.05, 4.69) is 41.8 Å². The van der Waals surface area contributed by atoms with E-state index in [1.807, 2.05) is 31.2 Å². The van der Waals surface area contributed by atoms with Gasteiger partial charge in [0.15, 0.2) is 0 Å². The van der Waals surface area contributed by atoms with Crippen LogP contribution in [0, 0.1) is 20.8 Å². The standard InChI is InChI=1S/C18H19N3OS2/c1-11-4-6-14(7-5-11)23-10-16(22)20-21-18-19-15-9-12(2)8-13(3)17(15)24-18/h4-9H,10H2,1-3H3,(H,19,21)(H,20,22). The molecule has 0 aliphatic rings. The molecule has 0 bridgehead atoms. The minimum absolute atomic E-state index is 0.0762. The van der Waals surface area contributed by atoms with Crippen molar-refractivity contribution in [3.8, 4) is 0 Å². The van der Waals surface area contributed by atoms with Crippen molar-refractivity contribution >= 4 is 44.4 Å². The van der Waals surface area contributed by atoms with E-state index in [-0.39, 0.29) is 5.91 Å². The molecular weight excluding hydrogens is 338 g/mol. The normalized spacial score (nSPS) is 10.8. The number of carbonyl (C=O) groups is 1. The summed E-state index contributed by atoms with van der Waals surface area (Å²) >= 11 is 3.06. The second kappa shape index (κ2) is 7.23. The number of rotatable bonds is 5. The summed E-state index contributed by atoms with van der Waals surface area (Å²) in [5.74, 6) is 0.284. The van der Waals surface area contributed by atoms with Crippen LogP contribution in [0.3, 0.4) is 0 Å². The highest BCUT2D eigenvalue weighted by Crippen LogP contribution is 2.29. The van der Waals surface area contributed by atoms with Crippen LogP contribution in [0.5, 0.6) is 0 Å². The second-order valence-corrected chi connectivity index (χ2v) is 7.77. The van der Waals surface area contributed by atoms with Crippen molar-refractivity contribution < 1.29 is 4.79 Å². The lowest BCUT2D eigenvalue weighted by Gasteiger charge is -2.05. The number of nitrogens with zero attached hydrogens (tertiary/aromatic N) is 1. The molecule has 0 aliphatic carbocycles. The van der Waals surface area contributed by atoms with Crippen molar-refractivity contribution in [1.29, 1.82) is 0 Å². The fourth-order valence-corrected chi connectivity index (χ4v) is 3.94. The third-order valence-corrected chi connectivity index (χ3v) is 5.65. The quantitative estimate of drug-likeness (QED) is 0.523. The predicted molar refractivity (Wildman–Crippen MR) is 103 cm³/mol. The topological polar surface area (TPSA) is 54.0 Å². The van der Waals surface area contributed by atoms with Gasteiger partial charge in [-0.1, -0.05) is 35.1 Å². The first-order valence-electron chi connectivity index (χ1n) is 7.63. The number of thiazole rings is 1. The van der Waals surface area contributed by atoms with Gasteiger partial charge in [-0.05, 0) is 50.1 Å². The molecule has 2 N–H and O–H groups in total. The van der Waals surface area contributed by atoms with Crippen LogP contribution in [0.25, 0.3) is 10.2 Å². The number of benzene rings is 2. The molecule has 0 spiro atoms. The van der Waals surface area contributed by atoms with E-state index in [0.29, 0.717) is 10.9 Å². The first kappa shape index (κ1) is 16.8. The zero-order valence-corrected chi connectivity index (χ0v) is 15.5. The molecule has 2 aromatic carbocycles. The molecule has 3 rings (SSSR count). The van der Waals surface area contributed by atoms with Gasteiger partial charge in [-0.3, -0.25) is 15.6 Å². The molecule has 124 valence electrons. The van der Waals surface area contributed by atoms with Gasteiger partial charge in [-0.2, -0.15) is 0 Å². The molecule has 0 radical (unpaired) electrons. The van der Waals surface area contributed by atoms with Gasteiger partial charge in [0.1, 0.15) is 0 Å². The smallest absolute Gasteiger partial charge is 0.248 e. The Labute approximate surface area is 149 Å². The van der Waals surface area contributed by atoms with Crippen LogP contribution in [0.1, 0.15) is 16.7 Å². The third kappa shape index (κ3) is 4.07. The van der Waals surface area contributed by atoms with Crippen LogP contribution in [0.4, 0.5) is 5.13 Å². The molecule has 1 aromatic heterocycles. The number of aromatic nitrogens is 1. The molecule has 4 nitrogen and oxygen atoms in total. The van der Waals surface area contributed by atoms with E-state index in [4.69, 9.17) is 0 Å². The molecule has 3 aromatic rings. The van der Waals surface area contributed by atoms with Gasteiger partial charge >= 0.3 is 0 Å². The lowest BCUT2D eigenvalue weighted by Crippen LogP contribution is -2.30. The Morgan fingerprint density at radius 2 is 1.88 bits per heavy atom. The summed E-state index contributed by atoms with van der Waals surface area (Å²) in [5, 5.41) is 0.701. The number of fused-ring (bicyclic) bond motifs is 1. The number of nitrogens with one attached hydrogen (secondary N) is 2. The summed E-state index contributed by atoms with van der Waals surface area (Å²) in [5.41, 5.74) is 10.2. The molecule has 6 heteroatoms. The van der Waals surface area contributed by atoms with Crippen molar-refractivity contribution in [1.82, 2.24) is 10.4 Å². The number of hydrazine groups is 1. The monoisotopic (exact) mass is 357 g/mol. The van der Waals surface area contributed by atoms with Gasteiger partial charge in [-0.25, -0.2) is 4.98 Å². The average Bonchev–Trinajstić information content (AvgIpc) is 2.95. The predicted octanol–water partition coefficient (Wildman–Crippen LogP) is 4.46. The van der Waals surface area contributed by atoms with Crippen molar-refractivity contribution in [2.75, 3.05) is 11.2 Å². The fraction of sp³-hybridized carbons (Fsp3) is 0.222. The summed E-state index contributed by atoms with van der Waals surface area (Å²) in [6.45, 7) is 6.18. The Kier molecular flexibility index (Phi) is 5.06. The van der Waals surface area contributed by atoms with Gasteiger partial charge in [0.25, 0.3) is 0 Å². The van der Waals surface area contributed by atoms with Crippen LogP contribution >= 0.6 is 23.1 Å². The maximum absolute atomic E-state index is 12.0. The van der Waals surface area contributed by atoms with Crippen LogP contribution in [-0.4, -0.2) is 16.6 Å². The van der Waals surface area contributed by atoms with Gasteiger partial charge in [0.2, 0.25) is 11.0 Å². The van der Waals surface area contributed by atoms with Crippen molar-refractivity contribution in [3.63, 3.8) is 0 Å². The van der Waals surface area contributed by atoms with Gasteiger partial charge in [-0.15, -0.1) is 11.8 Å². The number of hydrogen-bond donors (Lipinski definition) is 2. The maximum Gasteiger partial charge on any atom is 0.248 e. The van der Waals surface area contributed by atoms with E-state index in [1.165, 1.54) is 28.5 Å². The van der Waals surface area contributed by atoms with Gasteiger partial charge < -0.3 is 0 Å². The lowest BCUT2D eigenvalue weighted by molar-refractivity contribution is -0.118. The fourth-order valence-electron chi connectivity index (χ4n) is 2.37. The van der Waals surface area contributed by atoms with E-state index in [9.17, 15) is 4.79 Å². The Bertz CT molecular complexity index is 872. The second-order valence-electron chi connectivity index (χ2n) is 5.72. The third-order valence-electron chi connectivity index (χ3n) is 3.52. The summed E-state index contributed by atoms with van der Waals surface area (Å²) in [6.07, 6.45) is 0. The molecule has 0 fully saturated rings. The Hall–Kier alpha value is -2.05. The van der Waals surface area contributed by atoms with Crippen LogP contribution in [0.15, 0.2) is 41.3 Å². The highest BCUT2D eigenvalue weighted by atomic mass is 32.2. The molecule has 0 atom stereocenters. The Morgan fingerprint density at radius 3 is 2.62 bits per heavy atom. The van der Waals surface area contributed by atoms with Gasteiger partial charge in [0, 0.05) is 4.90 Å². The van der Waals surface area contributed by atoms with Crippen LogP contribution < -0.4 is 10.9 Å². The van der Waals surface area contributed by atoms with Crippen molar-refractivity contribution in [3.05, 3.63) is 53.1 Å².